The predicted molar refractivity (Wildman–Crippen MR) is 96.7 cm³/mol. The molecule has 0 aliphatic rings. The van der Waals surface area contributed by atoms with Gasteiger partial charge in [0.25, 0.3) is 5.91 Å². The van der Waals surface area contributed by atoms with E-state index in [1.807, 2.05) is 31.2 Å². The summed E-state index contributed by atoms with van der Waals surface area (Å²) in [4.78, 5) is 15.7. The van der Waals surface area contributed by atoms with Crippen LogP contribution in [0.15, 0.2) is 40.9 Å². The Morgan fingerprint density at radius 1 is 1.30 bits per heavy atom. The molecule has 118 valence electrons. The smallest absolute Gasteiger partial charge is 0.273 e. The summed E-state index contributed by atoms with van der Waals surface area (Å²) < 4.78 is 6.02. The number of hydrogen-bond acceptors (Lipinski definition) is 2. The fourth-order valence-electron chi connectivity index (χ4n) is 2.38. The van der Waals surface area contributed by atoms with Crippen LogP contribution < -0.4 is 10.1 Å². The molecule has 0 fully saturated rings. The Labute approximate surface area is 146 Å². The Bertz CT molecular complexity index is 905. The maximum Gasteiger partial charge on any atom is 0.273 e. The third-order valence-corrected chi connectivity index (χ3v) is 4.83. The minimum absolute atomic E-state index is 0.256. The molecule has 1 aromatic heterocycles. The molecule has 0 unspecified atom stereocenters. The van der Waals surface area contributed by atoms with E-state index in [9.17, 15) is 4.79 Å². The molecule has 0 aliphatic carbocycles. The summed E-state index contributed by atoms with van der Waals surface area (Å²) in [6, 6.07) is 11.2. The molecule has 4 nitrogen and oxygen atoms in total. The lowest BCUT2D eigenvalue weighted by Gasteiger charge is -2.12. The van der Waals surface area contributed by atoms with Crippen LogP contribution in [0, 0.1) is 6.92 Å². The predicted octanol–water partition coefficient (Wildman–Crippen LogP) is 5.15. The van der Waals surface area contributed by atoms with E-state index in [0.717, 1.165) is 20.9 Å². The maximum absolute atomic E-state index is 12.6. The summed E-state index contributed by atoms with van der Waals surface area (Å²) in [5, 5.41) is 4.41. The number of hydrogen-bond donors (Lipinski definition) is 2. The van der Waals surface area contributed by atoms with E-state index in [4.69, 9.17) is 16.3 Å². The van der Waals surface area contributed by atoms with Crippen LogP contribution in [0.4, 0.5) is 5.69 Å². The molecule has 1 heterocycles. The second-order valence-corrected chi connectivity index (χ2v) is 6.32. The van der Waals surface area contributed by atoms with E-state index in [0.29, 0.717) is 22.2 Å². The van der Waals surface area contributed by atoms with Gasteiger partial charge in [0.2, 0.25) is 0 Å². The highest BCUT2D eigenvalue weighted by atomic mass is 79.9. The zero-order valence-electron chi connectivity index (χ0n) is 12.5. The fourth-order valence-corrected chi connectivity index (χ4v) is 3.16. The zero-order valence-corrected chi connectivity index (χ0v) is 14.9. The minimum atomic E-state index is -0.256. The lowest BCUT2D eigenvalue weighted by molar-refractivity contribution is 0.102. The third kappa shape index (κ3) is 2.94. The standard InChI is InChI=1S/C17H14BrClN2O2/c1-9-7-13(14(23-2)8-11(9)19)21-17(22)16-15(18)10-5-3-4-6-12(10)20-16/h3-8,20H,1-2H3,(H,21,22). The minimum Gasteiger partial charge on any atom is -0.495 e. The van der Waals surface area contributed by atoms with Gasteiger partial charge in [0, 0.05) is 22.0 Å². The molecule has 2 aromatic carbocycles. The third-order valence-electron chi connectivity index (χ3n) is 3.60. The van der Waals surface area contributed by atoms with Crippen LogP contribution in [0.5, 0.6) is 5.75 Å². The van der Waals surface area contributed by atoms with Gasteiger partial charge in [0.15, 0.2) is 0 Å². The number of aromatic nitrogens is 1. The van der Waals surface area contributed by atoms with Crippen LogP contribution in [0.3, 0.4) is 0 Å². The van der Waals surface area contributed by atoms with Crippen molar-refractivity contribution in [2.45, 2.75) is 6.92 Å². The highest BCUT2D eigenvalue weighted by Crippen LogP contribution is 2.33. The molecule has 1 amide bonds. The molecule has 0 spiro atoms. The number of halogens is 2. The van der Waals surface area contributed by atoms with Gasteiger partial charge in [-0.3, -0.25) is 4.79 Å². The highest BCUT2D eigenvalue weighted by molar-refractivity contribution is 9.10. The van der Waals surface area contributed by atoms with E-state index in [1.54, 1.807) is 12.1 Å². The van der Waals surface area contributed by atoms with Crippen LogP contribution in [0.2, 0.25) is 5.02 Å². The van der Waals surface area contributed by atoms with Gasteiger partial charge in [-0.1, -0.05) is 29.8 Å². The number of fused-ring (bicyclic) bond motifs is 1. The number of rotatable bonds is 3. The van der Waals surface area contributed by atoms with E-state index in [2.05, 4.69) is 26.2 Å². The van der Waals surface area contributed by atoms with Gasteiger partial charge < -0.3 is 15.0 Å². The topological polar surface area (TPSA) is 54.1 Å². The van der Waals surface area contributed by atoms with Gasteiger partial charge in [-0.25, -0.2) is 0 Å². The number of carbonyl (C=O) groups excluding carboxylic acids is 1. The van der Waals surface area contributed by atoms with Crippen molar-refractivity contribution in [3.05, 3.63) is 57.2 Å². The molecule has 0 bridgehead atoms. The van der Waals surface area contributed by atoms with Gasteiger partial charge >= 0.3 is 0 Å². The van der Waals surface area contributed by atoms with Crippen molar-refractivity contribution in [3.8, 4) is 5.75 Å². The highest BCUT2D eigenvalue weighted by Gasteiger charge is 2.18. The molecule has 3 rings (SSSR count). The SMILES string of the molecule is COc1cc(Cl)c(C)cc1NC(=O)c1[nH]c2ccccc2c1Br. The Morgan fingerprint density at radius 2 is 2.04 bits per heavy atom. The van der Waals surface area contributed by atoms with E-state index in [-0.39, 0.29) is 5.91 Å². The average molecular weight is 394 g/mol. The van der Waals surface area contributed by atoms with Crippen LogP contribution >= 0.6 is 27.5 Å². The molecule has 6 heteroatoms. The first-order valence-electron chi connectivity index (χ1n) is 6.93. The second kappa shape index (κ2) is 6.26. The second-order valence-electron chi connectivity index (χ2n) is 5.12. The number of benzene rings is 2. The number of H-pyrrole nitrogens is 1. The number of anilines is 1. The van der Waals surface area contributed by atoms with Crippen LogP contribution in [0.25, 0.3) is 10.9 Å². The van der Waals surface area contributed by atoms with Crippen LogP contribution in [0.1, 0.15) is 16.1 Å². The molecule has 0 radical (unpaired) electrons. The van der Waals surface area contributed by atoms with Crippen molar-refractivity contribution in [1.29, 1.82) is 0 Å². The van der Waals surface area contributed by atoms with Crippen molar-refractivity contribution in [2.75, 3.05) is 12.4 Å². The number of nitrogens with one attached hydrogen (secondary N) is 2. The molecule has 0 atom stereocenters. The largest absolute Gasteiger partial charge is 0.495 e. The zero-order chi connectivity index (χ0) is 16.6. The molecule has 3 aromatic rings. The average Bonchev–Trinajstić information content (AvgIpc) is 2.88. The van der Waals surface area contributed by atoms with Crippen molar-refractivity contribution in [3.63, 3.8) is 0 Å². The normalized spacial score (nSPS) is 10.8. The number of carbonyl (C=O) groups is 1. The summed E-state index contributed by atoms with van der Waals surface area (Å²) in [7, 11) is 1.54. The molecule has 23 heavy (non-hydrogen) atoms. The van der Waals surface area contributed by atoms with Gasteiger partial charge in [-0.15, -0.1) is 0 Å². The molecular weight excluding hydrogens is 380 g/mol. The Morgan fingerprint density at radius 3 is 2.74 bits per heavy atom. The van der Waals surface area contributed by atoms with Gasteiger partial charge in [-0.05, 0) is 40.5 Å². The van der Waals surface area contributed by atoms with Gasteiger partial charge in [0.05, 0.1) is 17.3 Å². The first-order valence-corrected chi connectivity index (χ1v) is 8.10. The summed E-state index contributed by atoms with van der Waals surface area (Å²) in [6.07, 6.45) is 0. The Balaban J connectivity index is 1.98. The molecule has 2 N–H and O–H groups in total. The summed E-state index contributed by atoms with van der Waals surface area (Å²) in [5.41, 5.74) is 2.79. The summed E-state index contributed by atoms with van der Waals surface area (Å²) in [6.45, 7) is 1.87. The van der Waals surface area contributed by atoms with Crippen LogP contribution in [-0.2, 0) is 0 Å². The summed E-state index contributed by atoms with van der Waals surface area (Å²) in [5.74, 6) is 0.259. The van der Waals surface area contributed by atoms with Gasteiger partial charge in [0.1, 0.15) is 11.4 Å². The van der Waals surface area contributed by atoms with Crippen molar-refractivity contribution < 1.29 is 9.53 Å². The number of amides is 1. The van der Waals surface area contributed by atoms with Crippen molar-refractivity contribution in [2.24, 2.45) is 0 Å². The quantitative estimate of drug-likeness (QED) is 0.646. The van der Waals surface area contributed by atoms with Crippen molar-refractivity contribution >= 4 is 50.0 Å². The van der Waals surface area contributed by atoms with E-state index < -0.39 is 0 Å². The molecule has 0 saturated carbocycles. The molecular formula is C17H14BrClN2O2. The first-order chi connectivity index (χ1) is 11.0. The Kier molecular flexibility index (Phi) is 4.33. The maximum atomic E-state index is 12.6. The lowest BCUT2D eigenvalue weighted by atomic mass is 10.2. The van der Waals surface area contributed by atoms with E-state index >= 15 is 0 Å². The summed E-state index contributed by atoms with van der Waals surface area (Å²) >= 11 is 9.57. The monoisotopic (exact) mass is 392 g/mol. The number of methoxy groups -OCH3 is 1. The van der Waals surface area contributed by atoms with Gasteiger partial charge in [-0.2, -0.15) is 0 Å². The number of aryl methyl sites for hydroxylation is 1. The van der Waals surface area contributed by atoms with E-state index in [1.165, 1.54) is 7.11 Å². The van der Waals surface area contributed by atoms with Crippen molar-refractivity contribution in [1.82, 2.24) is 4.98 Å². The number of para-hydroxylation sites is 1. The Hall–Kier alpha value is -1.98. The van der Waals surface area contributed by atoms with Crippen LogP contribution in [-0.4, -0.2) is 18.0 Å². The molecule has 0 saturated heterocycles. The number of ether oxygens (including phenoxy) is 1. The first kappa shape index (κ1) is 15.9. The number of aromatic amines is 1. The lowest BCUT2D eigenvalue weighted by Crippen LogP contribution is -2.13. The molecule has 0 aliphatic heterocycles. The fraction of sp³-hybridized carbons (Fsp3) is 0.118.